The fraction of sp³-hybridized carbons (Fsp3) is 0.444. The van der Waals surface area contributed by atoms with Gasteiger partial charge in [0.25, 0.3) is 0 Å². The Morgan fingerprint density at radius 1 is 1.40 bits per heavy atom. The highest BCUT2D eigenvalue weighted by Crippen LogP contribution is 2.32. The lowest BCUT2D eigenvalue weighted by Crippen LogP contribution is -2.21. The highest BCUT2D eigenvalue weighted by atomic mass is 16.5. The second-order valence-electron chi connectivity index (χ2n) is 6.41. The first-order chi connectivity index (χ1) is 12.2. The fourth-order valence-corrected chi connectivity index (χ4v) is 3.26. The monoisotopic (exact) mass is 342 g/mol. The molecule has 0 radical (unpaired) electrons. The van der Waals surface area contributed by atoms with E-state index < -0.39 is 0 Å². The van der Waals surface area contributed by atoms with Gasteiger partial charge in [-0.1, -0.05) is 0 Å². The Bertz CT molecular complexity index is 794. The second-order valence-corrected chi connectivity index (χ2v) is 6.41. The number of benzene rings is 1. The van der Waals surface area contributed by atoms with E-state index >= 15 is 0 Å². The number of aliphatic imine (C=N–C) groups is 1. The molecule has 0 amide bonds. The van der Waals surface area contributed by atoms with Gasteiger partial charge in [-0.25, -0.2) is 9.66 Å². The molecule has 7 nitrogen and oxygen atoms in total. The topological polar surface area (TPSA) is 80.9 Å². The molecule has 0 bridgehead atoms. The van der Waals surface area contributed by atoms with Crippen LogP contribution in [0.15, 0.2) is 29.4 Å². The van der Waals surface area contributed by atoms with Crippen molar-refractivity contribution < 1.29 is 14.6 Å². The van der Waals surface area contributed by atoms with Crippen LogP contribution in [0.25, 0.3) is 11.3 Å². The van der Waals surface area contributed by atoms with E-state index in [2.05, 4.69) is 10.4 Å². The van der Waals surface area contributed by atoms with Crippen molar-refractivity contribution in [3.63, 3.8) is 0 Å². The molecule has 2 aliphatic heterocycles. The third-order valence-electron chi connectivity index (χ3n) is 4.76. The fourth-order valence-electron chi connectivity index (χ4n) is 3.26. The number of phenols is 1. The summed E-state index contributed by atoms with van der Waals surface area (Å²) in [5, 5.41) is 9.77. The van der Waals surface area contributed by atoms with Gasteiger partial charge in [0.15, 0.2) is 11.5 Å². The van der Waals surface area contributed by atoms with Crippen LogP contribution in [0.4, 0.5) is 0 Å². The maximum absolute atomic E-state index is 9.77. The number of ether oxygens (including phenoxy) is 2. The third kappa shape index (κ3) is 3.19. The predicted octanol–water partition coefficient (Wildman–Crippen LogP) is 2.19. The molecule has 1 aromatic carbocycles. The molecule has 0 saturated carbocycles. The van der Waals surface area contributed by atoms with E-state index in [4.69, 9.17) is 14.5 Å². The Morgan fingerprint density at radius 3 is 3.04 bits per heavy atom. The molecule has 0 atom stereocenters. The number of amidine groups is 1. The highest BCUT2D eigenvalue weighted by Gasteiger charge is 2.22. The van der Waals surface area contributed by atoms with Gasteiger partial charge in [-0.2, -0.15) is 0 Å². The molecule has 1 saturated heterocycles. The van der Waals surface area contributed by atoms with Gasteiger partial charge in [0.1, 0.15) is 11.7 Å². The summed E-state index contributed by atoms with van der Waals surface area (Å²) in [6.45, 7) is 2.52. The zero-order chi connectivity index (χ0) is 17.2. The van der Waals surface area contributed by atoms with E-state index in [1.54, 1.807) is 19.2 Å². The zero-order valence-corrected chi connectivity index (χ0v) is 14.2. The number of aromatic nitrogens is 2. The Labute approximate surface area is 146 Å². The highest BCUT2D eigenvalue weighted by molar-refractivity contribution is 5.94. The largest absolute Gasteiger partial charge is 0.504 e. The smallest absolute Gasteiger partial charge is 0.161 e. The number of phenolic OH excluding ortho intramolecular Hbond substituents is 1. The van der Waals surface area contributed by atoms with Gasteiger partial charge in [-0.05, 0) is 37.0 Å². The minimum Gasteiger partial charge on any atom is -0.504 e. The Kier molecular flexibility index (Phi) is 4.31. The lowest BCUT2D eigenvalue weighted by Gasteiger charge is -2.20. The molecule has 132 valence electrons. The maximum atomic E-state index is 9.77. The van der Waals surface area contributed by atoms with Gasteiger partial charge in [-0.3, -0.25) is 10.4 Å². The van der Waals surface area contributed by atoms with Crippen molar-refractivity contribution in [2.75, 3.05) is 32.3 Å². The summed E-state index contributed by atoms with van der Waals surface area (Å²) in [6, 6.07) is 5.28. The van der Waals surface area contributed by atoms with Crippen molar-refractivity contribution >= 4 is 5.84 Å². The SMILES string of the molecule is COc1cc(-c2cnc3n2NC(=NCC2CCOCC2)C3)ccc1O. The molecule has 2 N–H and O–H groups in total. The summed E-state index contributed by atoms with van der Waals surface area (Å²) in [5.74, 6) is 3.06. The second kappa shape index (κ2) is 6.76. The lowest BCUT2D eigenvalue weighted by atomic mass is 10.0. The molecule has 4 rings (SSSR count). The molecule has 25 heavy (non-hydrogen) atoms. The molecular weight excluding hydrogens is 320 g/mol. The number of rotatable bonds is 4. The van der Waals surface area contributed by atoms with Crippen molar-refractivity contribution in [2.45, 2.75) is 19.3 Å². The van der Waals surface area contributed by atoms with Crippen LogP contribution in [0.5, 0.6) is 11.5 Å². The Balaban J connectivity index is 1.51. The molecule has 1 aromatic heterocycles. The van der Waals surface area contributed by atoms with E-state index in [9.17, 15) is 5.11 Å². The number of methoxy groups -OCH3 is 1. The van der Waals surface area contributed by atoms with Crippen LogP contribution < -0.4 is 10.2 Å². The summed E-state index contributed by atoms with van der Waals surface area (Å²) in [7, 11) is 1.54. The molecule has 2 aromatic rings. The molecular formula is C18H22N4O3. The summed E-state index contributed by atoms with van der Waals surface area (Å²) in [4.78, 5) is 9.23. The molecule has 1 fully saturated rings. The van der Waals surface area contributed by atoms with E-state index in [0.29, 0.717) is 18.1 Å². The van der Waals surface area contributed by atoms with Crippen molar-refractivity contribution in [2.24, 2.45) is 10.9 Å². The van der Waals surface area contributed by atoms with Crippen molar-refractivity contribution in [1.82, 2.24) is 9.66 Å². The maximum Gasteiger partial charge on any atom is 0.161 e. The normalized spacial score (nSPS) is 19.0. The molecule has 0 aliphatic carbocycles. The molecule has 2 aliphatic rings. The number of nitrogens with one attached hydrogen (secondary N) is 1. The number of fused-ring (bicyclic) bond motifs is 1. The first-order valence-electron chi connectivity index (χ1n) is 8.56. The molecule has 7 heteroatoms. The number of aromatic hydroxyl groups is 1. The summed E-state index contributed by atoms with van der Waals surface area (Å²) in [6.07, 6.45) is 4.70. The van der Waals surface area contributed by atoms with Gasteiger partial charge in [-0.15, -0.1) is 0 Å². The molecule has 3 heterocycles. The summed E-state index contributed by atoms with van der Waals surface area (Å²) >= 11 is 0. The van der Waals surface area contributed by atoms with Crippen LogP contribution >= 0.6 is 0 Å². The van der Waals surface area contributed by atoms with Gasteiger partial charge >= 0.3 is 0 Å². The van der Waals surface area contributed by atoms with Crippen LogP contribution in [0.2, 0.25) is 0 Å². The summed E-state index contributed by atoms with van der Waals surface area (Å²) < 4.78 is 12.5. The van der Waals surface area contributed by atoms with Crippen LogP contribution in [0.1, 0.15) is 18.7 Å². The quantitative estimate of drug-likeness (QED) is 0.890. The number of hydrogen-bond donors (Lipinski definition) is 2. The van der Waals surface area contributed by atoms with Gasteiger partial charge in [0.05, 0.1) is 25.4 Å². The molecule has 0 unspecified atom stereocenters. The predicted molar refractivity (Wildman–Crippen MR) is 94.8 cm³/mol. The Hall–Kier alpha value is -2.54. The van der Waals surface area contributed by atoms with Crippen LogP contribution in [0.3, 0.4) is 0 Å². The average Bonchev–Trinajstić information content (AvgIpc) is 3.22. The van der Waals surface area contributed by atoms with E-state index in [1.165, 1.54) is 0 Å². The first kappa shape index (κ1) is 16.0. The number of nitrogens with zero attached hydrogens (tertiary/aromatic N) is 3. The number of imidazole rings is 1. The van der Waals surface area contributed by atoms with Crippen molar-refractivity contribution in [1.29, 1.82) is 0 Å². The van der Waals surface area contributed by atoms with Gasteiger partial charge < -0.3 is 14.6 Å². The summed E-state index contributed by atoms with van der Waals surface area (Å²) in [5.41, 5.74) is 5.19. The van der Waals surface area contributed by atoms with E-state index in [-0.39, 0.29) is 5.75 Å². The standard InChI is InChI=1S/C18H22N4O3/c1-24-16-8-13(2-3-15(16)23)14-11-20-18-9-17(21-22(14)18)19-10-12-4-6-25-7-5-12/h2-3,8,11-12,23H,4-7,9-10H2,1H3,(H,19,21). The van der Waals surface area contributed by atoms with Crippen LogP contribution in [-0.4, -0.2) is 47.5 Å². The third-order valence-corrected chi connectivity index (χ3v) is 4.76. The first-order valence-corrected chi connectivity index (χ1v) is 8.56. The zero-order valence-electron chi connectivity index (χ0n) is 14.2. The molecule has 0 spiro atoms. The minimum atomic E-state index is 0.124. The van der Waals surface area contributed by atoms with Crippen molar-refractivity contribution in [3.8, 4) is 22.8 Å². The van der Waals surface area contributed by atoms with Gasteiger partial charge in [0.2, 0.25) is 0 Å². The average molecular weight is 342 g/mol. The van der Waals surface area contributed by atoms with Crippen LogP contribution in [-0.2, 0) is 11.2 Å². The number of hydrogen-bond acceptors (Lipinski definition) is 5. The van der Waals surface area contributed by atoms with E-state index in [1.807, 2.05) is 16.9 Å². The van der Waals surface area contributed by atoms with Crippen molar-refractivity contribution in [3.05, 3.63) is 30.2 Å². The van der Waals surface area contributed by atoms with Crippen LogP contribution in [0, 0.1) is 5.92 Å². The minimum absolute atomic E-state index is 0.124. The Morgan fingerprint density at radius 2 is 2.24 bits per heavy atom. The van der Waals surface area contributed by atoms with Gasteiger partial charge in [0, 0.05) is 25.3 Å². The van der Waals surface area contributed by atoms with E-state index in [0.717, 1.165) is 55.5 Å². The lowest BCUT2D eigenvalue weighted by molar-refractivity contribution is 0.0689.